The highest BCUT2D eigenvalue weighted by Crippen LogP contribution is 2.22. The van der Waals surface area contributed by atoms with Gasteiger partial charge in [0.05, 0.1) is 6.42 Å². The molecule has 1 N–H and O–H groups in total. The molecule has 136 valence electrons. The highest BCUT2D eigenvalue weighted by atomic mass is 19.1. The van der Waals surface area contributed by atoms with Crippen molar-refractivity contribution in [2.75, 3.05) is 29.9 Å². The Labute approximate surface area is 151 Å². The lowest BCUT2D eigenvalue weighted by Crippen LogP contribution is -2.22. The molecule has 6 heteroatoms. The lowest BCUT2D eigenvalue weighted by Gasteiger charge is -2.17. The van der Waals surface area contributed by atoms with Crippen LogP contribution < -0.4 is 10.2 Å². The van der Waals surface area contributed by atoms with E-state index in [2.05, 4.69) is 10.2 Å². The van der Waals surface area contributed by atoms with Crippen LogP contribution in [0, 0.1) is 5.82 Å². The maximum absolute atomic E-state index is 13.1. The number of carbonyl (C=O) groups is 2. The molecule has 0 radical (unpaired) electrons. The topological polar surface area (TPSA) is 58.6 Å². The van der Waals surface area contributed by atoms with Gasteiger partial charge in [-0.15, -0.1) is 0 Å². The normalized spacial score (nSPS) is 13.5. The van der Waals surface area contributed by atoms with Crippen molar-refractivity contribution in [3.05, 3.63) is 59.9 Å². The Balaban J connectivity index is 1.44. The van der Waals surface area contributed by atoms with Crippen molar-refractivity contribution in [3.8, 4) is 0 Å². The second kappa shape index (κ2) is 8.47. The Morgan fingerprint density at radius 2 is 1.81 bits per heavy atom. The van der Waals surface area contributed by atoms with Crippen LogP contribution in [-0.2, 0) is 20.7 Å². The van der Waals surface area contributed by atoms with Gasteiger partial charge in [-0.1, -0.05) is 12.1 Å². The van der Waals surface area contributed by atoms with Crippen molar-refractivity contribution < 1.29 is 18.7 Å². The summed E-state index contributed by atoms with van der Waals surface area (Å²) in [6.07, 6.45) is 2.34. The molecule has 1 aliphatic heterocycles. The summed E-state index contributed by atoms with van der Waals surface area (Å²) in [5.41, 5.74) is 2.30. The van der Waals surface area contributed by atoms with E-state index in [0.29, 0.717) is 11.3 Å². The molecule has 0 spiro atoms. The summed E-state index contributed by atoms with van der Waals surface area (Å²) in [6, 6.07) is 13.3. The molecule has 0 unspecified atom stereocenters. The van der Waals surface area contributed by atoms with E-state index in [1.54, 1.807) is 6.07 Å². The van der Waals surface area contributed by atoms with Crippen LogP contribution in [-0.4, -0.2) is 31.6 Å². The van der Waals surface area contributed by atoms with Crippen LogP contribution in [0.5, 0.6) is 0 Å². The summed E-state index contributed by atoms with van der Waals surface area (Å²) in [4.78, 5) is 26.0. The molecule has 1 saturated heterocycles. The fraction of sp³-hybridized carbons (Fsp3) is 0.300. The number of benzene rings is 2. The number of ether oxygens (including phenoxy) is 1. The van der Waals surface area contributed by atoms with Crippen molar-refractivity contribution in [1.29, 1.82) is 0 Å². The van der Waals surface area contributed by atoms with Gasteiger partial charge in [-0.05, 0) is 54.8 Å². The molecule has 26 heavy (non-hydrogen) atoms. The number of anilines is 2. The minimum absolute atomic E-state index is 0.0738. The molecule has 0 saturated carbocycles. The minimum atomic E-state index is -0.574. The Morgan fingerprint density at radius 3 is 2.50 bits per heavy atom. The van der Waals surface area contributed by atoms with Gasteiger partial charge >= 0.3 is 5.97 Å². The van der Waals surface area contributed by atoms with Gasteiger partial charge in [-0.25, -0.2) is 4.39 Å². The van der Waals surface area contributed by atoms with E-state index in [-0.39, 0.29) is 13.0 Å². The minimum Gasteiger partial charge on any atom is -0.455 e. The summed E-state index contributed by atoms with van der Waals surface area (Å²) < 4.78 is 18.0. The smallest absolute Gasteiger partial charge is 0.310 e. The Kier molecular flexibility index (Phi) is 5.84. The molecule has 0 aromatic heterocycles. The maximum atomic E-state index is 13.1. The number of hydrogen-bond donors (Lipinski definition) is 1. The lowest BCUT2D eigenvalue weighted by molar-refractivity contribution is -0.146. The van der Waals surface area contributed by atoms with Crippen LogP contribution in [0.15, 0.2) is 48.5 Å². The lowest BCUT2D eigenvalue weighted by atomic mass is 10.1. The molecular formula is C20H21FN2O3. The average molecular weight is 356 g/mol. The third-order valence-corrected chi connectivity index (χ3v) is 4.22. The first-order valence-corrected chi connectivity index (χ1v) is 8.65. The second-order valence-electron chi connectivity index (χ2n) is 6.26. The van der Waals surface area contributed by atoms with E-state index in [1.165, 1.54) is 31.0 Å². The Hall–Kier alpha value is -2.89. The number of hydrogen-bond acceptors (Lipinski definition) is 4. The van der Waals surface area contributed by atoms with E-state index in [4.69, 9.17) is 4.74 Å². The van der Waals surface area contributed by atoms with Gasteiger partial charge in [-0.3, -0.25) is 9.59 Å². The van der Waals surface area contributed by atoms with Crippen LogP contribution >= 0.6 is 0 Å². The monoisotopic (exact) mass is 356 g/mol. The fourth-order valence-corrected chi connectivity index (χ4v) is 2.94. The van der Waals surface area contributed by atoms with Gasteiger partial charge in [0.1, 0.15) is 5.82 Å². The third-order valence-electron chi connectivity index (χ3n) is 4.22. The number of rotatable bonds is 6. The molecule has 1 fully saturated rings. The SMILES string of the molecule is O=C(COC(=O)Cc1cccc(F)c1)Nc1ccc(N2CCCC2)cc1. The maximum Gasteiger partial charge on any atom is 0.310 e. The van der Waals surface area contributed by atoms with Gasteiger partial charge in [0.15, 0.2) is 6.61 Å². The quantitative estimate of drug-likeness (QED) is 0.808. The average Bonchev–Trinajstić information content (AvgIpc) is 3.15. The zero-order chi connectivity index (χ0) is 18.4. The molecular weight excluding hydrogens is 335 g/mol. The summed E-state index contributed by atoms with van der Waals surface area (Å²) >= 11 is 0. The van der Waals surface area contributed by atoms with Crippen molar-refractivity contribution in [2.45, 2.75) is 19.3 Å². The number of nitrogens with one attached hydrogen (secondary N) is 1. The van der Waals surface area contributed by atoms with Gasteiger partial charge in [-0.2, -0.15) is 0 Å². The van der Waals surface area contributed by atoms with Crippen LogP contribution in [0.2, 0.25) is 0 Å². The molecule has 0 atom stereocenters. The van der Waals surface area contributed by atoms with Crippen LogP contribution in [0.4, 0.5) is 15.8 Å². The largest absolute Gasteiger partial charge is 0.455 e. The van der Waals surface area contributed by atoms with Crippen LogP contribution in [0.3, 0.4) is 0 Å². The van der Waals surface area contributed by atoms with Crippen LogP contribution in [0.1, 0.15) is 18.4 Å². The molecule has 1 aliphatic rings. The standard InChI is InChI=1S/C20H21FN2O3/c21-16-5-3-4-15(12-16)13-20(25)26-14-19(24)22-17-6-8-18(9-7-17)23-10-1-2-11-23/h3-9,12H,1-2,10-11,13-14H2,(H,22,24). The molecule has 1 amide bonds. The Bertz CT molecular complexity index is 771. The zero-order valence-corrected chi connectivity index (χ0v) is 14.4. The summed E-state index contributed by atoms with van der Waals surface area (Å²) in [5.74, 6) is -1.40. The number of carbonyl (C=O) groups excluding carboxylic acids is 2. The van der Waals surface area contributed by atoms with Gasteiger partial charge in [0.25, 0.3) is 5.91 Å². The van der Waals surface area contributed by atoms with Gasteiger partial charge in [0, 0.05) is 24.5 Å². The molecule has 2 aromatic rings. The molecule has 0 aliphatic carbocycles. The number of nitrogens with zero attached hydrogens (tertiary/aromatic N) is 1. The first kappa shape index (κ1) is 17.9. The van der Waals surface area contributed by atoms with E-state index < -0.39 is 17.7 Å². The van der Waals surface area contributed by atoms with E-state index >= 15 is 0 Å². The second-order valence-corrected chi connectivity index (χ2v) is 6.26. The fourth-order valence-electron chi connectivity index (χ4n) is 2.94. The van der Waals surface area contributed by atoms with Crippen molar-refractivity contribution in [2.24, 2.45) is 0 Å². The highest BCUT2D eigenvalue weighted by molar-refractivity contribution is 5.93. The predicted molar refractivity (Wildman–Crippen MR) is 97.6 cm³/mol. The molecule has 2 aromatic carbocycles. The molecule has 0 bridgehead atoms. The number of esters is 1. The molecule has 3 rings (SSSR count). The van der Waals surface area contributed by atoms with Gasteiger partial charge in [0.2, 0.25) is 0 Å². The first-order chi connectivity index (χ1) is 12.6. The van der Waals surface area contributed by atoms with Crippen LogP contribution in [0.25, 0.3) is 0 Å². The first-order valence-electron chi connectivity index (χ1n) is 8.65. The van der Waals surface area contributed by atoms with E-state index in [0.717, 1.165) is 18.8 Å². The van der Waals surface area contributed by atoms with Crippen molar-refractivity contribution in [3.63, 3.8) is 0 Å². The molecule has 5 nitrogen and oxygen atoms in total. The third kappa shape index (κ3) is 5.05. The van der Waals surface area contributed by atoms with E-state index in [9.17, 15) is 14.0 Å². The predicted octanol–water partition coefficient (Wildman–Crippen LogP) is 3.15. The van der Waals surface area contributed by atoms with E-state index in [1.807, 2.05) is 24.3 Å². The summed E-state index contributed by atoms with van der Waals surface area (Å²) in [6.45, 7) is 1.75. The summed E-state index contributed by atoms with van der Waals surface area (Å²) in [5, 5.41) is 2.69. The highest BCUT2D eigenvalue weighted by Gasteiger charge is 2.13. The number of amides is 1. The van der Waals surface area contributed by atoms with Crippen molar-refractivity contribution >= 4 is 23.3 Å². The van der Waals surface area contributed by atoms with Gasteiger partial charge < -0.3 is 15.0 Å². The zero-order valence-electron chi connectivity index (χ0n) is 14.4. The van der Waals surface area contributed by atoms with Crippen molar-refractivity contribution in [1.82, 2.24) is 0 Å². The molecule has 1 heterocycles. The summed E-state index contributed by atoms with van der Waals surface area (Å²) in [7, 11) is 0. The Morgan fingerprint density at radius 1 is 1.08 bits per heavy atom. The number of halogens is 1.